The van der Waals surface area contributed by atoms with Crippen LogP contribution in [-0.4, -0.2) is 22.2 Å². The van der Waals surface area contributed by atoms with Crippen molar-refractivity contribution >= 4 is 22.5 Å². The monoisotopic (exact) mass is 305 g/mol. The number of rotatable bonds is 5. The summed E-state index contributed by atoms with van der Waals surface area (Å²) < 4.78 is 15.6. The molecule has 0 amide bonds. The van der Waals surface area contributed by atoms with Crippen LogP contribution >= 0.6 is 11.6 Å². The third-order valence-corrected chi connectivity index (χ3v) is 3.14. The highest BCUT2D eigenvalue weighted by Crippen LogP contribution is 2.29. The first-order valence-corrected chi connectivity index (χ1v) is 6.62. The summed E-state index contributed by atoms with van der Waals surface area (Å²) in [6.45, 7) is 0.457. The van der Waals surface area contributed by atoms with E-state index in [-0.39, 0.29) is 13.2 Å². The van der Waals surface area contributed by atoms with Gasteiger partial charge in [-0.2, -0.15) is 4.98 Å². The van der Waals surface area contributed by atoms with Gasteiger partial charge in [0.2, 0.25) is 5.82 Å². The zero-order chi connectivity index (χ0) is 14.7. The summed E-state index contributed by atoms with van der Waals surface area (Å²) in [4.78, 5) is 8.43. The van der Waals surface area contributed by atoms with Crippen molar-refractivity contribution in [2.45, 2.75) is 13.2 Å². The van der Waals surface area contributed by atoms with Crippen LogP contribution in [-0.2, 0) is 18.0 Å². The van der Waals surface area contributed by atoms with Crippen LogP contribution < -0.4 is 4.74 Å². The van der Waals surface area contributed by atoms with Gasteiger partial charge in [-0.1, -0.05) is 16.8 Å². The number of nitrogens with zero attached hydrogens (tertiary/aromatic N) is 3. The number of fused-ring (bicyclic) bond motifs is 1. The predicted octanol–water partition coefficient (Wildman–Crippen LogP) is 3.00. The smallest absolute Gasteiger partial charge is 0.252 e. The SMILES string of the molecule is COCc1nc(COc2ccc(Cl)c3cccnc23)no1. The lowest BCUT2D eigenvalue weighted by atomic mass is 10.2. The van der Waals surface area contributed by atoms with Crippen molar-refractivity contribution < 1.29 is 14.0 Å². The molecule has 0 N–H and O–H groups in total. The van der Waals surface area contributed by atoms with Gasteiger partial charge in [0.05, 0.1) is 5.02 Å². The quantitative estimate of drug-likeness (QED) is 0.721. The summed E-state index contributed by atoms with van der Waals surface area (Å²) in [5, 5.41) is 5.28. The average Bonchev–Trinajstić information content (AvgIpc) is 2.95. The number of methoxy groups -OCH3 is 1. The van der Waals surface area contributed by atoms with E-state index in [9.17, 15) is 0 Å². The minimum Gasteiger partial charge on any atom is -0.483 e. The third kappa shape index (κ3) is 2.96. The van der Waals surface area contributed by atoms with E-state index < -0.39 is 0 Å². The number of benzene rings is 1. The molecule has 0 bridgehead atoms. The number of pyridine rings is 1. The lowest BCUT2D eigenvalue weighted by molar-refractivity contribution is 0.151. The van der Waals surface area contributed by atoms with Crippen molar-refractivity contribution in [2.75, 3.05) is 7.11 Å². The highest BCUT2D eigenvalue weighted by molar-refractivity contribution is 6.35. The molecule has 0 atom stereocenters. The minimum atomic E-state index is 0.181. The van der Waals surface area contributed by atoms with Crippen molar-refractivity contribution in [3.8, 4) is 5.75 Å². The molecule has 3 rings (SSSR count). The zero-order valence-corrected chi connectivity index (χ0v) is 12.0. The molecule has 0 radical (unpaired) electrons. The molecule has 21 heavy (non-hydrogen) atoms. The van der Waals surface area contributed by atoms with Crippen LogP contribution in [0.5, 0.6) is 5.75 Å². The van der Waals surface area contributed by atoms with E-state index >= 15 is 0 Å². The van der Waals surface area contributed by atoms with E-state index in [1.165, 1.54) is 0 Å². The second kappa shape index (κ2) is 6.07. The number of halogens is 1. The van der Waals surface area contributed by atoms with Gasteiger partial charge in [-0.05, 0) is 24.3 Å². The van der Waals surface area contributed by atoms with Gasteiger partial charge in [0.25, 0.3) is 5.89 Å². The maximum atomic E-state index is 6.14. The molecule has 6 nitrogen and oxygen atoms in total. The Hall–Kier alpha value is -2.18. The fourth-order valence-corrected chi connectivity index (χ4v) is 2.12. The first-order chi connectivity index (χ1) is 10.3. The Bertz CT molecular complexity index is 760. The summed E-state index contributed by atoms with van der Waals surface area (Å²) in [6.07, 6.45) is 1.69. The van der Waals surface area contributed by atoms with Gasteiger partial charge in [0.15, 0.2) is 6.61 Å². The van der Waals surface area contributed by atoms with Crippen LogP contribution in [0, 0.1) is 0 Å². The third-order valence-electron chi connectivity index (χ3n) is 2.81. The fourth-order valence-electron chi connectivity index (χ4n) is 1.90. The Morgan fingerprint density at radius 1 is 1.24 bits per heavy atom. The van der Waals surface area contributed by atoms with E-state index in [1.54, 1.807) is 25.4 Å². The lowest BCUT2D eigenvalue weighted by Gasteiger charge is -2.07. The van der Waals surface area contributed by atoms with Gasteiger partial charge >= 0.3 is 0 Å². The summed E-state index contributed by atoms with van der Waals surface area (Å²) in [6, 6.07) is 7.26. The van der Waals surface area contributed by atoms with E-state index in [0.717, 1.165) is 5.39 Å². The van der Waals surface area contributed by atoms with Crippen LogP contribution in [0.1, 0.15) is 11.7 Å². The van der Waals surface area contributed by atoms with Gasteiger partial charge in [0.1, 0.15) is 17.9 Å². The summed E-state index contributed by atoms with van der Waals surface area (Å²) in [7, 11) is 1.56. The van der Waals surface area contributed by atoms with E-state index in [4.69, 9.17) is 25.6 Å². The molecule has 0 spiro atoms. The molecule has 3 aromatic rings. The molecule has 2 aromatic heterocycles. The lowest BCUT2D eigenvalue weighted by Crippen LogP contribution is -1.99. The predicted molar refractivity (Wildman–Crippen MR) is 76.1 cm³/mol. The highest BCUT2D eigenvalue weighted by atomic mass is 35.5. The standard InChI is InChI=1S/C14H12ClN3O3/c1-19-8-13-17-12(18-21-13)7-20-11-5-4-10(15)9-3-2-6-16-14(9)11/h2-6H,7-8H2,1H3. The molecule has 0 aliphatic carbocycles. The van der Waals surface area contributed by atoms with E-state index in [0.29, 0.717) is 28.0 Å². The van der Waals surface area contributed by atoms with Crippen LogP contribution in [0.15, 0.2) is 35.0 Å². The zero-order valence-electron chi connectivity index (χ0n) is 11.2. The minimum absolute atomic E-state index is 0.181. The molecule has 0 aliphatic rings. The van der Waals surface area contributed by atoms with Crippen molar-refractivity contribution in [2.24, 2.45) is 0 Å². The molecule has 0 fully saturated rings. The number of ether oxygens (including phenoxy) is 2. The Morgan fingerprint density at radius 3 is 3.00 bits per heavy atom. The summed E-state index contributed by atoms with van der Waals surface area (Å²) in [5.74, 6) is 1.48. The average molecular weight is 306 g/mol. The second-order valence-electron chi connectivity index (χ2n) is 4.27. The van der Waals surface area contributed by atoms with E-state index in [2.05, 4.69) is 15.1 Å². The van der Waals surface area contributed by atoms with Crippen molar-refractivity contribution in [3.05, 3.63) is 47.2 Å². The molecule has 1 aromatic carbocycles. The highest BCUT2D eigenvalue weighted by Gasteiger charge is 2.10. The molecule has 7 heteroatoms. The van der Waals surface area contributed by atoms with E-state index in [1.807, 2.05) is 12.1 Å². The van der Waals surface area contributed by atoms with Crippen LogP contribution in [0.2, 0.25) is 5.02 Å². The maximum absolute atomic E-state index is 6.14. The van der Waals surface area contributed by atoms with Crippen LogP contribution in [0.4, 0.5) is 0 Å². The molecule has 0 saturated heterocycles. The Labute approximate surface area is 125 Å². The Balaban J connectivity index is 1.80. The maximum Gasteiger partial charge on any atom is 0.252 e. The van der Waals surface area contributed by atoms with Crippen molar-refractivity contribution in [3.63, 3.8) is 0 Å². The first kappa shape index (κ1) is 13.8. The first-order valence-electron chi connectivity index (χ1n) is 6.24. The molecule has 0 aliphatic heterocycles. The Kier molecular flexibility index (Phi) is 3.98. The van der Waals surface area contributed by atoms with Gasteiger partial charge in [-0.3, -0.25) is 4.98 Å². The number of aromatic nitrogens is 3. The second-order valence-corrected chi connectivity index (χ2v) is 4.68. The van der Waals surface area contributed by atoms with Crippen LogP contribution in [0.25, 0.3) is 10.9 Å². The van der Waals surface area contributed by atoms with Gasteiger partial charge in [0, 0.05) is 18.7 Å². The van der Waals surface area contributed by atoms with Gasteiger partial charge in [-0.25, -0.2) is 0 Å². The number of hydrogen-bond acceptors (Lipinski definition) is 6. The molecular weight excluding hydrogens is 294 g/mol. The van der Waals surface area contributed by atoms with Gasteiger partial charge in [-0.15, -0.1) is 0 Å². The molecule has 0 unspecified atom stereocenters. The summed E-state index contributed by atoms with van der Waals surface area (Å²) >= 11 is 6.14. The normalized spacial score (nSPS) is 11.0. The van der Waals surface area contributed by atoms with Crippen molar-refractivity contribution in [1.29, 1.82) is 0 Å². The summed E-state index contributed by atoms with van der Waals surface area (Å²) in [5.41, 5.74) is 0.700. The largest absolute Gasteiger partial charge is 0.483 e. The fraction of sp³-hybridized carbons (Fsp3) is 0.214. The van der Waals surface area contributed by atoms with Crippen LogP contribution in [0.3, 0.4) is 0 Å². The molecule has 0 saturated carbocycles. The Morgan fingerprint density at radius 2 is 2.14 bits per heavy atom. The topological polar surface area (TPSA) is 70.3 Å². The van der Waals surface area contributed by atoms with Crippen molar-refractivity contribution in [1.82, 2.24) is 15.1 Å². The molecule has 2 heterocycles. The van der Waals surface area contributed by atoms with Gasteiger partial charge < -0.3 is 14.0 Å². The molecular formula is C14H12ClN3O3. The molecule has 108 valence electrons. The number of hydrogen-bond donors (Lipinski definition) is 0.